The summed E-state index contributed by atoms with van der Waals surface area (Å²) in [5.74, 6) is 0.227. The van der Waals surface area contributed by atoms with Gasteiger partial charge in [0.2, 0.25) is 0 Å². The van der Waals surface area contributed by atoms with Crippen LogP contribution < -0.4 is 0 Å². The van der Waals surface area contributed by atoms with Gasteiger partial charge in [0, 0.05) is 23.1 Å². The minimum atomic E-state index is 0.227. The van der Waals surface area contributed by atoms with Crippen LogP contribution in [0.5, 0.6) is 0 Å². The molecule has 0 saturated heterocycles. The van der Waals surface area contributed by atoms with Crippen molar-refractivity contribution in [3.63, 3.8) is 0 Å². The van der Waals surface area contributed by atoms with Gasteiger partial charge in [-0.2, -0.15) is 0 Å². The lowest BCUT2D eigenvalue weighted by atomic mass is 10.1. The van der Waals surface area contributed by atoms with Gasteiger partial charge < -0.3 is 0 Å². The molecule has 2 rings (SSSR count). The largest absolute Gasteiger partial charge is 0.294 e. The maximum atomic E-state index is 11.8. The quantitative estimate of drug-likeness (QED) is 0.739. The Balaban J connectivity index is 1.81. The molecule has 0 aliphatic rings. The number of aryl methyl sites for hydroxylation is 1. The van der Waals surface area contributed by atoms with E-state index in [0.717, 1.165) is 18.4 Å². The molecule has 82 valence electrons. The first kappa shape index (κ1) is 11.0. The van der Waals surface area contributed by atoms with E-state index >= 15 is 0 Å². The number of rotatable bonds is 5. The highest BCUT2D eigenvalue weighted by atomic mass is 32.1. The number of ketones is 1. The Kier molecular flexibility index (Phi) is 3.83. The zero-order valence-corrected chi connectivity index (χ0v) is 9.74. The van der Waals surface area contributed by atoms with Crippen molar-refractivity contribution in [2.75, 3.05) is 0 Å². The van der Waals surface area contributed by atoms with Gasteiger partial charge >= 0.3 is 0 Å². The standard InChI is InChI=1S/C13H13NOS/c15-13(11-5-2-1-3-6-11)8-4-7-12-9-14-10-16-12/h1-3,5-6,9-10H,4,7-8H2. The van der Waals surface area contributed by atoms with Crippen LogP contribution in [0.15, 0.2) is 42.0 Å². The molecule has 0 bridgehead atoms. The van der Waals surface area contributed by atoms with E-state index in [1.165, 1.54) is 4.88 Å². The summed E-state index contributed by atoms with van der Waals surface area (Å²) >= 11 is 1.65. The molecule has 0 amide bonds. The summed E-state index contributed by atoms with van der Waals surface area (Å²) in [4.78, 5) is 17.0. The predicted octanol–water partition coefficient (Wildman–Crippen LogP) is 3.35. The number of carbonyl (C=O) groups excluding carboxylic acids is 1. The summed E-state index contributed by atoms with van der Waals surface area (Å²) in [6, 6.07) is 9.46. The molecule has 0 radical (unpaired) electrons. The molecule has 0 unspecified atom stereocenters. The number of nitrogens with zero attached hydrogens (tertiary/aromatic N) is 1. The van der Waals surface area contributed by atoms with E-state index in [0.29, 0.717) is 6.42 Å². The first-order valence-electron chi connectivity index (χ1n) is 5.32. The highest BCUT2D eigenvalue weighted by Gasteiger charge is 2.04. The van der Waals surface area contributed by atoms with E-state index in [4.69, 9.17) is 0 Å². The minimum absolute atomic E-state index is 0.227. The molecule has 0 aliphatic carbocycles. The predicted molar refractivity (Wildman–Crippen MR) is 65.8 cm³/mol. The topological polar surface area (TPSA) is 30.0 Å². The lowest BCUT2D eigenvalue weighted by molar-refractivity contribution is 0.0980. The Morgan fingerprint density at radius 1 is 1.25 bits per heavy atom. The van der Waals surface area contributed by atoms with E-state index in [1.807, 2.05) is 42.0 Å². The van der Waals surface area contributed by atoms with Crippen LogP contribution in [0.1, 0.15) is 28.1 Å². The first-order chi connectivity index (χ1) is 7.86. The third-order valence-corrected chi connectivity index (χ3v) is 3.25. The molecular weight excluding hydrogens is 218 g/mol. The number of hydrogen-bond acceptors (Lipinski definition) is 3. The summed E-state index contributed by atoms with van der Waals surface area (Å²) < 4.78 is 0. The molecule has 16 heavy (non-hydrogen) atoms. The van der Waals surface area contributed by atoms with Gasteiger partial charge in [0.25, 0.3) is 0 Å². The highest BCUT2D eigenvalue weighted by Crippen LogP contribution is 2.11. The molecule has 1 aromatic carbocycles. The summed E-state index contributed by atoms with van der Waals surface area (Å²) in [7, 11) is 0. The summed E-state index contributed by atoms with van der Waals surface area (Å²) in [6.45, 7) is 0. The maximum absolute atomic E-state index is 11.8. The van der Waals surface area contributed by atoms with Crippen LogP contribution in [0.2, 0.25) is 0 Å². The van der Waals surface area contributed by atoms with Crippen molar-refractivity contribution in [3.8, 4) is 0 Å². The van der Waals surface area contributed by atoms with Crippen molar-refractivity contribution in [2.24, 2.45) is 0 Å². The number of thiazole rings is 1. The van der Waals surface area contributed by atoms with E-state index in [1.54, 1.807) is 11.3 Å². The molecule has 2 aromatic rings. The molecular formula is C13H13NOS. The molecule has 3 heteroatoms. The smallest absolute Gasteiger partial charge is 0.162 e. The van der Waals surface area contributed by atoms with Crippen LogP contribution in [0.4, 0.5) is 0 Å². The molecule has 1 aromatic heterocycles. The normalized spacial score (nSPS) is 10.2. The Hall–Kier alpha value is -1.48. The van der Waals surface area contributed by atoms with Crippen molar-refractivity contribution < 1.29 is 4.79 Å². The molecule has 0 aliphatic heterocycles. The third kappa shape index (κ3) is 3.00. The van der Waals surface area contributed by atoms with Gasteiger partial charge in [-0.15, -0.1) is 11.3 Å². The average molecular weight is 231 g/mol. The van der Waals surface area contributed by atoms with Gasteiger partial charge in [-0.05, 0) is 12.8 Å². The molecule has 2 nitrogen and oxygen atoms in total. The van der Waals surface area contributed by atoms with Crippen molar-refractivity contribution in [1.82, 2.24) is 4.98 Å². The second kappa shape index (κ2) is 5.56. The number of carbonyl (C=O) groups is 1. The van der Waals surface area contributed by atoms with Gasteiger partial charge in [-0.1, -0.05) is 30.3 Å². The third-order valence-electron chi connectivity index (χ3n) is 2.41. The summed E-state index contributed by atoms with van der Waals surface area (Å²) in [5, 5.41) is 0. The number of aromatic nitrogens is 1. The molecule has 0 saturated carbocycles. The highest BCUT2D eigenvalue weighted by molar-refractivity contribution is 7.09. The van der Waals surface area contributed by atoms with Crippen molar-refractivity contribution in [1.29, 1.82) is 0 Å². The zero-order valence-electron chi connectivity index (χ0n) is 8.93. The molecule has 0 atom stereocenters. The SMILES string of the molecule is O=C(CCCc1cncs1)c1ccccc1. The summed E-state index contributed by atoms with van der Waals surface area (Å²) in [6.07, 6.45) is 4.33. The van der Waals surface area contributed by atoms with Crippen molar-refractivity contribution in [3.05, 3.63) is 52.5 Å². The van der Waals surface area contributed by atoms with Crippen LogP contribution in [0, 0.1) is 0 Å². The van der Waals surface area contributed by atoms with E-state index in [2.05, 4.69) is 4.98 Å². The second-order valence-corrected chi connectivity index (χ2v) is 4.58. The Morgan fingerprint density at radius 3 is 2.75 bits per heavy atom. The van der Waals surface area contributed by atoms with Crippen molar-refractivity contribution in [2.45, 2.75) is 19.3 Å². The number of hydrogen-bond donors (Lipinski definition) is 0. The monoisotopic (exact) mass is 231 g/mol. The van der Waals surface area contributed by atoms with Crippen LogP contribution in [0.25, 0.3) is 0 Å². The van der Waals surface area contributed by atoms with E-state index in [9.17, 15) is 4.79 Å². The van der Waals surface area contributed by atoms with Crippen LogP contribution >= 0.6 is 11.3 Å². The molecule has 0 N–H and O–H groups in total. The maximum Gasteiger partial charge on any atom is 0.162 e. The number of Topliss-reactive ketones (excluding diaryl/α,β-unsaturated/α-hetero) is 1. The molecule has 0 fully saturated rings. The Bertz CT molecular complexity index is 436. The Morgan fingerprint density at radius 2 is 2.06 bits per heavy atom. The lowest BCUT2D eigenvalue weighted by Gasteiger charge is -1.99. The zero-order chi connectivity index (χ0) is 11.2. The average Bonchev–Trinajstić information content (AvgIpc) is 2.83. The van der Waals surface area contributed by atoms with Crippen LogP contribution in [-0.2, 0) is 6.42 Å². The lowest BCUT2D eigenvalue weighted by Crippen LogP contribution is -1.98. The van der Waals surface area contributed by atoms with E-state index in [-0.39, 0.29) is 5.78 Å². The van der Waals surface area contributed by atoms with E-state index < -0.39 is 0 Å². The van der Waals surface area contributed by atoms with Gasteiger partial charge in [0.15, 0.2) is 5.78 Å². The second-order valence-electron chi connectivity index (χ2n) is 3.61. The van der Waals surface area contributed by atoms with Crippen molar-refractivity contribution >= 4 is 17.1 Å². The van der Waals surface area contributed by atoms with Gasteiger partial charge in [-0.25, -0.2) is 0 Å². The molecule has 1 heterocycles. The fraction of sp³-hybridized carbons (Fsp3) is 0.231. The number of benzene rings is 1. The summed E-state index contributed by atoms with van der Waals surface area (Å²) in [5.41, 5.74) is 2.64. The van der Waals surface area contributed by atoms with Gasteiger partial charge in [0.1, 0.15) is 0 Å². The van der Waals surface area contributed by atoms with Gasteiger partial charge in [-0.3, -0.25) is 9.78 Å². The first-order valence-corrected chi connectivity index (χ1v) is 6.20. The fourth-order valence-corrected chi connectivity index (χ4v) is 2.20. The Labute approximate surface area is 99.0 Å². The fourth-order valence-electron chi connectivity index (χ4n) is 1.56. The van der Waals surface area contributed by atoms with Crippen LogP contribution in [0.3, 0.4) is 0 Å². The van der Waals surface area contributed by atoms with Gasteiger partial charge in [0.05, 0.1) is 5.51 Å². The van der Waals surface area contributed by atoms with Crippen LogP contribution in [-0.4, -0.2) is 10.8 Å². The minimum Gasteiger partial charge on any atom is -0.294 e. The molecule has 0 spiro atoms.